The third kappa shape index (κ3) is 3.18. The van der Waals surface area contributed by atoms with Gasteiger partial charge in [-0.2, -0.15) is 5.10 Å². The number of fused-ring (bicyclic) bond motifs is 5. The number of pyridine rings is 1. The van der Waals surface area contributed by atoms with Crippen molar-refractivity contribution in [3.63, 3.8) is 0 Å². The van der Waals surface area contributed by atoms with Crippen LogP contribution in [-0.2, 0) is 16.9 Å². The number of H-pyrrole nitrogens is 1. The summed E-state index contributed by atoms with van der Waals surface area (Å²) < 4.78 is 8.33. The van der Waals surface area contributed by atoms with Gasteiger partial charge in [-0.15, -0.1) is 0 Å². The van der Waals surface area contributed by atoms with E-state index in [0.29, 0.717) is 36.7 Å². The molecule has 7 rings (SSSR count). The van der Waals surface area contributed by atoms with Crippen molar-refractivity contribution < 1.29 is 9.53 Å². The minimum Gasteiger partial charge on any atom is -0.365 e. The number of hydrogen-bond donors (Lipinski definition) is 1. The number of aromatic amines is 1. The van der Waals surface area contributed by atoms with Crippen LogP contribution in [-0.4, -0.2) is 38.7 Å². The average molecular weight is 483 g/mol. The Morgan fingerprint density at radius 3 is 2.69 bits per heavy atom. The molecule has 1 saturated heterocycles. The highest BCUT2D eigenvalue weighted by Gasteiger charge is 2.43. The monoisotopic (exact) mass is 482 g/mol. The Balaban J connectivity index is 1.24. The molecule has 1 saturated carbocycles. The van der Waals surface area contributed by atoms with E-state index in [1.165, 1.54) is 24.0 Å². The third-order valence-electron chi connectivity index (χ3n) is 8.68. The second-order valence-corrected chi connectivity index (χ2v) is 10.7. The zero-order valence-corrected chi connectivity index (χ0v) is 20.5. The van der Waals surface area contributed by atoms with E-state index in [2.05, 4.69) is 34.3 Å². The molecule has 1 aliphatic carbocycles. The molecule has 0 atom stereocenters. The first-order valence-corrected chi connectivity index (χ1v) is 13.1. The number of benzene rings is 2. The summed E-state index contributed by atoms with van der Waals surface area (Å²) in [6, 6.07) is 12.7. The van der Waals surface area contributed by atoms with Gasteiger partial charge < -0.3 is 14.6 Å². The minimum absolute atomic E-state index is 0.0433. The number of nitrogens with one attached hydrogen (secondary N) is 1. The highest BCUT2D eigenvalue weighted by Crippen LogP contribution is 2.44. The molecule has 184 valence electrons. The number of rotatable bonds is 2. The van der Waals surface area contributed by atoms with Crippen LogP contribution in [0.3, 0.4) is 0 Å². The number of nitrogens with zero attached hydrogens (tertiary/aromatic N) is 3. The first-order chi connectivity index (χ1) is 17.5. The highest BCUT2D eigenvalue weighted by molar-refractivity contribution is 6.07. The fourth-order valence-corrected chi connectivity index (χ4v) is 6.69. The molecule has 1 spiro atoms. The zero-order valence-electron chi connectivity index (χ0n) is 20.5. The van der Waals surface area contributed by atoms with Gasteiger partial charge in [0.05, 0.1) is 40.9 Å². The van der Waals surface area contributed by atoms with Gasteiger partial charge in [-0.3, -0.25) is 14.3 Å². The molecule has 4 heterocycles. The molecule has 2 aliphatic heterocycles. The lowest BCUT2D eigenvalue weighted by atomic mass is 9.83. The second-order valence-electron chi connectivity index (χ2n) is 10.7. The van der Waals surface area contributed by atoms with Crippen molar-refractivity contribution in [2.45, 2.75) is 63.7 Å². The largest absolute Gasteiger partial charge is 0.365 e. The van der Waals surface area contributed by atoms with Gasteiger partial charge in [0.15, 0.2) is 0 Å². The Labute approximate surface area is 209 Å². The molecule has 0 radical (unpaired) electrons. The van der Waals surface area contributed by atoms with Gasteiger partial charge in [0.1, 0.15) is 0 Å². The number of aryl methyl sites for hydroxylation is 1. The summed E-state index contributed by atoms with van der Waals surface area (Å²) in [6.07, 6.45) is 7.79. The lowest BCUT2D eigenvalue weighted by Gasteiger charge is -2.39. The number of ether oxygens (including phenoxy) is 1. The first-order valence-electron chi connectivity index (χ1n) is 13.1. The maximum atomic E-state index is 13.8. The Morgan fingerprint density at radius 2 is 1.89 bits per heavy atom. The van der Waals surface area contributed by atoms with Gasteiger partial charge >= 0.3 is 0 Å². The number of carbonyl (C=O) groups excluding carboxylic acids is 1. The van der Waals surface area contributed by atoms with Crippen LogP contribution in [0.4, 0.5) is 0 Å². The molecule has 36 heavy (non-hydrogen) atoms. The lowest BCUT2D eigenvalue weighted by molar-refractivity contribution is -0.0741. The second kappa shape index (κ2) is 8.03. The first kappa shape index (κ1) is 21.8. The minimum atomic E-state index is -0.273. The molecule has 0 unspecified atom stereocenters. The van der Waals surface area contributed by atoms with Crippen molar-refractivity contribution >= 4 is 27.7 Å². The van der Waals surface area contributed by atoms with E-state index in [9.17, 15) is 9.59 Å². The predicted molar refractivity (Wildman–Crippen MR) is 138 cm³/mol. The maximum Gasteiger partial charge on any atom is 0.259 e. The quantitative estimate of drug-likeness (QED) is 0.438. The number of hydrogen-bond acceptors (Lipinski definition) is 4. The van der Waals surface area contributed by atoms with Crippen LogP contribution in [0.2, 0.25) is 0 Å². The Hall–Kier alpha value is -3.45. The molecule has 3 aliphatic rings. The van der Waals surface area contributed by atoms with Crippen LogP contribution in [0, 0.1) is 6.92 Å². The molecular weight excluding hydrogens is 452 g/mol. The smallest absolute Gasteiger partial charge is 0.259 e. The lowest BCUT2D eigenvalue weighted by Crippen LogP contribution is -2.45. The van der Waals surface area contributed by atoms with Crippen molar-refractivity contribution in [3.8, 4) is 0 Å². The Morgan fingerprint density at radius 1 is 1.11 bits per heavy atom. The highest BCUT2D eigenvalue weighted by atomic mass is 16.5. The van der Waals surface area contributed by atoms with E-state index in [4.69, 9.17) is 4.74 Å². The summed E-state index contributed by atoms with van der Waals surface area (Å²) in [4.78, 5) is 31.6. The SMILES string of the molecule is Cc1cc2[nH]c(=O)c3cnn(C4CCCC4)c3c2cc1C(=O)N1CCC2(CC1)OCc1ccccc12. The van der Waals surface area contributed by atoms with Crippen LogP contribution >= 0.6 is 0 Å². The summed E-state index contributed by atoms with van der Waals surface area (Å²) in [5, 5.41) is 6.11. The molecule has 2 aromatic carbocycles. The van der Waals surface area contributed by atoms with Crippen LogP contribution in [0.25, 0.3) is 21.8 Å². The fourth-order valence-electron chi connectivity index (χ4n) is 6.69. The number of amides is 1. The standard InChI is InChI=1S/C29H30N4O3/c1-18-14-25-22(26-23(27(34)31-25)16-30-33(26)20-7-3-4-8-20)15-21(18)28(35)32-12-10-29(11-13-32)24-9-5-2-6-19(24)17-36-29/h2,5-6,9,14-16,20H,3-4,7-8,10-13,17H2,1H3,(H,31,34). The van der Waals surface area contributed by atoms with Gasteiger partial charge in [-0.25, -0.2) is 0 Å². The molecule has 1 amide bonds. The van der Waals surface area contributed by atoms with Crippen LogP contribution in [0.1, 0.15) is 71.6 Å². The maximum absolute atomic E-state index is 13.8. The average Bonchev–Trinajstić information content (AvgIpc) is 3.64. The van der Waals surface area contributed by atoms with Crippen LogP contribution < -0.4 is 5.56 Å². The molecule has 7 heteroatoms. The molecule has 2 aromatic heterocycles. The van der Waals surface area contributed by atoms with E-state index < -0.39 is 0 Å². The summed E-state index contributed by atoms with van der Waals surface area (Å²) in [6.45, 7) is 3.92. The summed E-state index contributed by atoms with van der Waals surface area (Å²) in [7, 11) is 0. The molecule has 1 N–H and O–H groups in total. The third-order valence-corrected chi connectivity index (χ3v) is 8.68. The van der Waals surface area contributed by atoms with Crippen molar-refractivity contribution in [2.24, 2.45) is 0 Å². The van der Waals surface area contributed by atoms with E-state index >= 15 is 0 Å². The number of piperidine rings is 1. The van der Waals surface area contributed by atoms with Crippen molar-refractivity contribution in [3.05, 3.63) is 75.2 Å². The van der Waals surface area contributed by atoms with Gasteiger partial charge in [-0.1, -0.05) is 37.1 Å². The van der Waals surface area contributed by atoms with Gasteiger partial charge in [0.2, 0.25) is 0 Å². The summed E-state index contributed by atoms with van der Waals surface area (Å²) >= 11 is 0. The topological polar surface area (TPSA) is 80.2 Å². The number of aromatic nitrogens is 3. The number of likely N-dealkylation sites (tertiary alicyclic amines) is 1. The van der Waals surface area contributed by atoms with Crippen molar-refractivity contribution in [1.82, 2.24) is 19.7 Å². The predicted octanol–water partition coefficient (Wildman–Crippen LogP) is 4.96. The summed E-state index contributed by atoms with van der Waals surface area (Å²) in [5.74, 6) is 0.0433. The van der Waals surface area contributed by atoms with Gasteiger partial charge in [-0.05, 0) is 61.4 Å². The normalized spacial score (nSPS) is 19.5. The molecule has 0 bridgehead atoms. The zero-order chi connectivity index (χ0) is 24.4. The Kier molecular flexibility index (Phi) is 4.86. The fraction of sp³-hybridized carbons (Fsp3) is 0.414. The van der Waals surface area contributed by atoms with E-state index in [1.807, 2.05) is 28.6 Å². The van der Waals surface area contributed by atoms with Crippen molar-refractivity contribution in [1.29, 1.82) is 0 Å². The van der Waals surface area contributed by atoms with Crippen LogP contribution in [0.15, 0.2) is 47.4 Å². The molecule has 7 nitrogen and oxygen atoms in total. The molecule has 2 fully saturated rings. The van der Waals surface area contributed by atoms with Gasteiger partial charge in [0.25, 0.3) is 11.5 Å². The van der Waals surface area contributed by atoms with E-state index in [-0.39, 0.29) is 17.1 Å². The molecule has 4 aromatic rings. The summed E-state index contributed by atoms with van der Waals surface area (Å²) in [5.41, 5.74) is 5.32. The van der Waals surface area contributed by atoms with E-state index in [1.54, 1.807) is 6.20 Å². The van der Waals surface area contributed by atoms with Crippen molar-refractivity contribution in [2.75, 3.05) is 13.1 Å². The van der Waals surface area contributed by atoms with Crippen LogP contribution in [0.5, 0.6) is 0 Å². The molecular formula is C29H30N4O3. The number of carbonyl (C=O) groups is 1. The Bertz CT molecular complexity index is 1570. The van der Waals surface area contributed by atoms with E-state index in [0.717, 1.165) is 47.7 Å². The van der Waals surface area contributed by atoms with Gasteiger partial charge in [0, 0.05) is 24.0 Å².